The van der Waals surface area contributed by atoms with Crippen molar-refractivity contribution in [2.24, 2.45) is 0 Å². The highest BCUT2D eigenvalue weighted by molar-refractivity contribution is 7.14. The summed E-state index contributed by atoms with van der Waals surface area (Å²) >= 11 is 0.944. The fourth-order valence-corrected chi connectivity index (χ4v) is 3.19. The molecule has 0 aliphatic carbocycles. The Morgan fingerprint density at radius 1 is 1.23 bits per heavy atom. The van der Waals surface area contributed by atoms with E-state index in [4.69, 9.17) is 0 Å². The van der Waals surface area contributed by atoms with Crippen molar-refractivity contribution in [3.63, 3.8) is 0 Å². The van der Waals surface area contributed by atoms with Gasteiger partial charge in [-0.1, -0.05) is 17.4 Å². The Labute approximate surface area is 127 Å². The largest absolute Gasteiger partial charge is 0.433 e. The molecular weight excluding hydrogens is 320 g/mol. The Balaban J connectivity index is 1.91. The van der Waals surface area contributed by atoms with Gasteiger partial charge in [-0.2, -0.15) is 13.2 Å². The molecule has 1 aliphatic heterocycles. The predicted octanol–water partition coefficient (Wildman–Crippen LogP) is 3.17. The van der Waals surface area contributed by atoms with Gasteiger partial charge in [-0.05, 0) is 31.5 Å². The summed E-state index contributed by atoms with van der Waals surface area (Å²) in [5.74, 6) is 0. The molecule has 0 bridgehead atoms. The van der Waals surface area contributed by atoms with Crippen LogP contribution in [0.2, 0.25) is 0 Å². The van der Waals surface area contributed by atoms with Crippen LogP contribution in [0.4, 0.5) is 17.6 Å². The third-order valence-corrected chi connectivity index (χ3v) is 4.52. The van der Waals surface area contributed by atoms with Crippen LogP contribution in [0.25, 0.3) is 10.7 Å². The molecule has 3 heterocycles. The molecule has 0 spiro atoms. The molecule has 0 aromatic carbocycles. The van der Waals surface area contributed by atoms with Gasteiger partial charge in [0.15, 0.2) is 15.7 Å². The maximum absolute atomic E-state index is 14.7. The Bertz CT molecular complexity index is 664. The highest BCUT2D eigenvalue weighted by Gasteiger charge is 2.38. The fraction of sp³-hybridized carbons (Fsp3) is 0.462. The summed E-state index contributed by atoms with van der Waals surface area (Å²) < 4.78 is 52.8. The van der Waals surface area contributed by atoms with Crippen LogP contribution in [-0.2, 0) is 11.8 Å². The molecule has 4 nitrogen and oxygen atoms in total. The van der Waals surface area contributed by atoms with E-state index < -0.39 is 17.5 Å². The first-order valence-electron chi connectivity index (χ1n) is 6.67. The van der Waals surface area contributed by atoms with E-state index in [0.29, 0.717) is 12.8 Å². The number of nitrogens with zero attached hydrogens (tertiary/aromatic N) is 3. The van der Waals surface area contributed by atoms with Crippen LogP contribution in [0.1, 0.15) is 23.5 Å². The van der Waals surface area contributed by atoms with Crippen molar-refractivity contribution in [3.8, 4) is 10.7 Å². The van der Waals surface area contributed by atoms with Crippen molar-refractivity contribution in [1.29, 1.82) is 0 Å². The zero-order valence-electron chi connectivity index (χ0n) is 11.3. The lowest BCUT2D eigenvalue weighted by Crippen LogP contribution is -2.40. The SMILES string of the molecule is FC(F)(F)c1cccc(-c2nnc(C3(F)CCCNC3)s2)n1. The summed E-state index contributed by atoms with van der Waals surface area (Å²) in [6.45, 7) is 0.879. The number of hydrogen-bond acceptors (Lipinski definition) is 5. The summed E-state index contributed by atoms with van der Waals surface area (Å²) in [6.07, 6.45) is -3.53. The summed E-state index contributed by atoms with van der Waals surface area (Å²) in [5, 5.41) is 10.9. The number of piperidine rings is 1. The summed E-state index contributed by atoms with van der Waals surface area (Å²) in [6, 6.07) is 3.54. The zero-order chi connectivity index (χ0) is 15.8. The molecule has 1 atom stereocenters. The maximum Gasteiger partial charge on any atom is 0.433 e. The quantitative estimate of drug-likeness (QED) is 0.858. The number of nitrogens with one attached hydrogen (secondary N) is 1. The lowest BCUT2D eigenvalue weighted by molar-refractivity contribution is -0.141. The van der Waals surface area contributed by atoms with E-state index in [0.717, 1.165) is 23.9 Å². The second kappa shape index (κ2) is 5.54. The van der Waals surface area contributed by atoms with Crippen molar-refractivity contribution >= 4 is 11.3 Å². The van der Waals surface area contributed by atoms with Crippen LogP contribution in [0.5, 0.6) is 0 Å². The van der Waals surface area contributed by atoms with E-state index in [2.05, 4.69) is 20.5 Å². The zero-order valence-corrected chi connectivity index (χ0v) is 12.1. The van der Waals surface area contributed by atoms with E-state index in [-0.39, 0.29) is 22.3 Å². The van der Waals surface area contributed by atoms with E-state index in [9.17, 15) is 17.6 Å². The van der Waals surface area contributed by atoms with Crippen molar-refractivity contribution in [1.82, 2.24) is 20.5 Å². The normalized spacial score (nSPS) is 22.7. The van der Waals surface area contributed by atoms with E-state index in [1.54, 1.807) is 0 Å². The van der Waals surface area contributed by atoms with Gasteiger partial charge in [-0.25, -0.2) is 9.37 Å². The number of aromatic nitrogens is 3. The summed E-state index contributed by atoms with van der Waals surface area (Å²) in [7, 11) is 0. The van der Waals surface area contributed by atoms with Gasteiger partial charge in [0, 0.05) is 6.54 Å². The van der Waals surface area contributed by atoms with Crippen molar-refractivity contribution in [3.05, 3.63) is 28.9 Å². The van der Waals surface area contributed by atoms with E-state index in [1.165, 1.54) is 12.1 Å². The number of halogens is 4. The average Bonchev–Trinajstić information content (AvgIpc) is 2.98. The fourth-order valence-electron chi connectivity index (χ4n) is 2.27. The third-order valence-electron chi connectivity index (χ3n) is 3.40. The van der Waals surface area contributed by atoms with Gasteiger partial charge in [0.2, 0.25) is 0 Å². The molecule has 2 aromatic rings. The Hall–Kier alpha value is -1.61. The summed E-state index contributed by atoms with van der Waals surface area (Å²) in [4.78, 5) is 3.54. The van der Waals surface area contributed by atoms with Crippen LogP contribution < -0.4 is 5.32 Å². The topological polar surface area (TPSA) is 50.7 Å². The first-order valence-corrected chi connectivity index (χ1v) is 7.48. The van der Waals surface area contributed by atoms with Crippen molar-refractivity contribution < 1.29 is 17.6 Å². The number of hydrogen-bond donors (Lipinski definition) is 1. The van der Waals surface area contributed by atoms with Gasteiger partial charge in [0.05, 0.1) is 0 Å². The molecule has 0 radical (unpaired) electrons. The molecule has 0 amide bonds. The first-order chi connectivity index (χ1) is 10.4. The molecule has 118 valence electrons. The van der Waals surface area contributed by atoms with Gasteiger partial charge >= 0.3 is 6.18 Å². The minimum atomic E-state index is -4.53. The van der Waals surface area contributed by atoms with Crippen LogP contribution >= 0.6 is 11.3 Å². The molecule has 3 rings (SSSR count). The lowest BCUT2D eigenvalue weighted by Gasteiger charge is -2.27. The van der Waals surface area contributed by atoms with Crippen LogP contribution in [0.15, 0.2) is 18.2 Å². The smallest absolute Gasteiger partial charge is 0.313 e. The van der Waals surface area contributed by atoms with Gasteiger partial charge < -0.3 is 5.32 Å². The molecule has 1 unspecified atom stereocenters. The van der Waals surface area contributed by atoms with Crippen molar-refractivity contribution in [2.45, 2.75) is 24.7 Å². The molecule has 1 saturated heterocycles. The van der Waals surface area contributed by atoms with Gasteiger partial charge in [-0.15, -0.1) is 10.2 Å². The highest BCUT2D eigenvalue weighted by atomic mass is 32.1. The third kappa shape index (κ3) is 2.95. The van der Waals surface area contributed by atoms with E-state index in [1.807, 2.05) is 0 Å². The standard InChI is InChI=1S/C13H12F4N4S/c14-12(5-2-6-18-7-12)11-21-20-10(22-11)8-3-1-4-9(19-8)13(15,16)17/h1,3-4,18H,2,5-7H2. The van der Waals surface area contributed by atoms with Gasteiger partial charge in [-0.3, -0.25) is 0 Å². The average molecular weight is 332 g/mol. The Morgan fingerprint density at radius 2 is 2.05 bits per heavy atom. The highest BCUT2D eigenvalue weighted by Crippen LogP contribution is 2.37. The van der Waals surface area contributed by atoms with Gasteiger partial charge in [0.1, 0.15) is 11.4 Å². The molecule has 2 aromatic heterocycles. The number of rotatable bonds is 2. The van der Waals surface area contributed by atoms with Gasteiger partial charge in [0.25, 0.3) is 0 Å². The monoisotopic (exact) mass is 332 g/mol. The molecule has 22 heavy (non-hydrogen) atoms. The van der Waals surface area contributed by atoms with Crippen LogP contribution in [-0.4, -0.2) is 28.3 Å². The second-order valence-corrected chi connectivity index (χ2v) is 6.04. The van der Waals surface area contributed by atoms with Crippen LogP contribution in [0, 0.1) is 0 Å². The van der Waals surface area contributed by atoms with Crippen LogP contribution in [0.3, 0.4) is 0 Å². The molecule has 1 N–H and O–H groups in total. The summed E-state index contributed by atoms with van der Waals surface area (Å²) in [5.41, 5.74) is -2.57. The van der Waals surface area contributed by atoms with Crippen molar-refractivity contribution in [2.75, 3.05) is 13.1 Å². The molecule has 1 fully saturated rings. The Morgan fingerprint density at radius 3 is 2.73 bits per heavy atom. The second-order valence-electron chi connectivity index (χ2n) is 5.06. The van der Waals surface area contributed by atoms with E-state index >= 15 is 0 Å². The first kappa shape index (κ1) is 15.3. The minimum Gasteiger partial charge on any atom is -0.313 e. The molecule has 0 saturated carbocycles. The molecule has 1 aliphatic rings. The maximum atomic E-state index is 14.7. The number of pyridine rings is 1. The molecular formula is C13H12F4N4S. The predicted molar refractivity (Wildman–Crippen MR) is 73.0 cm³/mol. The Kier molecular flexibility index (Phi) is 3.85. The number of alkyl halides is 4. The minimum absolute atomic E-state index is 0.0472. The lowest BCUT2D eigenvalue weighted by atomic mass is 9.97. The molecule has 9 heteroatoms.